The van der Waals surface area contributed by atoms with Crippen LogP contribution in [0.2, 0.25) is 0 Å². The largest absolute Gasteiger partial charge is 0.494 e. The van der Waals surface area contributed by atoms with E-state index >= 15 is 0 Å². The lowest BCUT2D eigenvalue weighted by atomic mass is 10.2. The Labute approximate surface area is 113 Å². The Morgan fingerprint density at radius 2 is 2.11 bits per heavy atom. The van der Waals surface area contributed by atoms with Crippen LogP contribution in [0.25, 0.3) is 0 Å². The van der Waals surface area contributed by atoms with Gasteiger partial charge in [0.25, 0.3) is 0 Å². The van der Waals surface area contributed by atoms with Crippen molar-refractivity contribution >= 4 is 21.6 Å². The molecule has 0 aliphatic rings. The van der Waals surface area contributed by atoms with Crippen molar-refractivity contribution in [1.82, 2.24) is 0 Å². The van der Waals surface area contributed by atoms with Crippen LogP contribution in [0.5, 0.6) is 5.75 Å². The predicted molar refractivity (Wildman–Crippen MR) is 71.4 cm³/mol. The highest BCUT2D eigenvalue weighted by Gasteiger charge is 2.11. The average Bonchev–Trinajstić information content (AvgIpc) is 2.76. The summed E-state index contributed by atoms with van der Waals surface area (Å²) in [6.45, 7) is 1.94. The fourth-order valence-corrected chi connectivity index (χ4v) is 1.96. The van der Waals surface area contributed by atoms with E-state index < -0.39 is 5.82 Å². The number of hydrogen-bond donors (Lipinski definition) is 1. The van der Waals surface area contributed by atoms with Crippen LogP contribution in [-0.2, 0) is 0 Å². The molecule has 18 heavy (non-hydrogen) atoms. The molecule has 1 unspecified atom stereocenters. The van der Waals surface area contributed by atoms with Gasteiger partial charge < -0.3 is 14.5 Å². The third-order valence-corrected chi connectivity index (χ3v) is 2.98. The zero-order chi connectivity index (χ0) is 13.1. The van der Waals surface area contributed by atoms with Gasteiger partial charge in [-0.15, -0.1) is 0 Å². The van der Waals surface area contributed by atoms with Crippen LogP contribution in [0.3, 0.4) is 0 Å². The van der Waals surface area contributed by atoms with Gasteiger partial charge in [-0.3, -0.25) is 0 Å². The van der Waals surface area contributed by atoms with Gasteiger partial charge >= 0.3 is 0 Å². The predicted octanol–water partition coefficient (Wildman–Crippen LogP) is 4.36. The standard InChI is InChI=1S/C13H13BrFNO2/c1-8(11-5-6-13(14)18-11)16-9-3-4-12(17-2)10(15)7-9/h3-8,16H,1-2H3. The number of nitrogens with one attached hydrogen (secondary N) is 1. The van der Waals surface area contributed by atoms with Crippen molar-refractivity contribution in [2.45, 2.75) is 13.0 Å². The third kappa shape index (κ3) is 2.85. The van der Waals surface area contributed by atoms with Gasteiger partial charge in [0.2, 0.25) is 0 Å². The van der Waals surface area contributed by atoms with Gasteiger partial charge in [0.15, 0.2) is 16.2 Å². The van der Waals surface area contributed by atoms with Crippen LogP contribution in [-0.4, -0.2) is 7.11 Å². The van der Waals surface area contributed by atoms with Gasteiger partial charge in [-0.25, -0.2) is 4.39 Å². The van der Waals surface area contributed by atoms with Crippen molar-refractivity contribution < 1.29 is 13.5 Å². The molecule has 0 bridgehead atoms. The van der Waals surface area contributed by atoms with Gasteiger partial charge in [0, 0.05) is 11.8 Å². The van der Waals surface area contributed by atoms with Crippen LogP contribution >= 0.6 is 15.9 Å². The molecule has 0 fully saturated rings. The average molecular weight is 314 g/mol. The summed E-state index contributed by atoms with van der Waals surface area (Å²) in [7, 11) is 1.44. The van der Waals surface area contributed by atoms with Crippen LogP contribution in [0, 0.1) is 5.82 Å². The minimum absolute atomic E-state index is 0.0518. The van der Waals surface area contributed by atoms with E-state index in [0.29, 0.717) is 10.4 Å². The first kappa shape index (κ1) is 13.0. The summed E-state index contributed by atoms with van der Waals surface area (Å²) in [5.74, 6) is 0.613. The Kier molecular flexibility index (Phi) is 3.91. The highest BCUT2D eigenvalue weighted by molar-refractivity contribution is 9.10. The molecular formula is C13H13BrFNO2. The third-order valence-electron chi connectivity index (χ3n) is 2.56. The van der Waals surface area contributed by atoms with Crippen LogP contribution in [0.15, 0.2) is 39.4 Å². The second-order valence-electron chi connectivity index (χ2n) is 3.86. The lowest BCUT2D eigenvalue weighted by Crippen LogP contribution is -2.05. The summed E-state index contributed by atoms with van der Waals surface area (Å²) in [5.41, 5.74) is 0.674. The number of rotatable bonds is 4. The van der Waals surface area contributed by atoms with Gasteiger partial charge in [0.1, 0.15) is 5.76 Å². The van der Waals surface area contributed by atoms with Crippen molar-refractivity contribution in [3.8, 4) is 5.75 Å². The molecule has 0 amide bonds. The summed E-state index contributed by atoms with van der Waals surface area (Å²) < 4.78 is 24.5. The highest BCUT2D eigenvalue weighted by atomic mass is 79.9. The number of furan rings is 1. The fraction of sp³-hybridized carbons (Fsp3) is 0.231. The molecule has 1 aromatic heterocycles. The number of anilines is 1. The first-order valence-electron chi connectivity index (χ1n) is 5.45. The Balaban J connectivity index is 2.12. The van der Waals surface area contributed by atoms with Gasteiger partial charge in [-0.05, 0) is 47.1 Å². The molecule has 5 heteroatoms. The van der Waals surface area contributed by atoms with Gasteiger partial charge in [0.05, 0.1) is 13.2 Å². The van der Waals surface area contributed by atoms with Crippen molar-refractivity contribution in [2.75, 3.05) is 12.4 Å². The fourth-order valence-electron chi connectivity index (χ4n) is 1.64. The summed E-state index contributed by atoms with van der Waals surface area (Å²) in [4.78, 5) is 0. The molecular weight excluding hydrogens is 301 g/mol. The Morgan fingerprint density at radius 3 is 2.67 bits per heavy atom. The molecule has 0 radical (unpaired) electrons. The SMILES string of the molecule is COc1ccc(NC(C)c2ccc(Br)o2)cc1F. The molecule has 1 atom stereocenters. The Hall–Kier alpha value is -1.49. The molecule has 96 valence electrons. The Morgan fingerprint density at radius 1 is 1.33 bits per heavy atom. The molecule has 0 spiro atoms. The number of ether oxygens (including phenoxy) is 1. The first-order chi connectivity index (χ1) is 8.60. The quantitative estimate of drug-likeness (QED) is 0.910. The topological polar surface area (TPSA) is 34.4 Å². The van der Waals surface area contributed by atoms with Crippen molar-refractivity contribution in [3.63, 3.8) is 0 Å². The molecule has 0 saturated carbocycles. The molecule has 1 aromatic carbocycles. The maximum absolute atomic E-state index is 13.5. The molecule has 2 rings (SSSR count). The normalized spacial score (nSPS) is 12.2. The van der Waals surface area contributed by atoms with Crippen LogP contribution < -0.4 is 10.1 Å². The van der Waals surface area contributed by atoms with E-state index in [2.05, 4.69) is 21.2 Å². The van der Waals surface area contributed by atoms with E-state index in [-0.39, 0.29) is 11.8 Å². The molecule has 0 aliphatic heterocycles. The highest BCUT2D eigenvalue weighted by Crippen LogP contribution is 2.26. The minimum Gasteiger partial charge on any atom is -0.494 e. The summed E-state index contributed by atoms with van der Waals surface area (Å²) >= 11 is 3.25. The first-order valence-corrected chi connectivity index (χ1v) is 6.25. The number of halogens is 2. The molecule has 1 N–H and O–H groups in total. The van der Waals surface area contributed by atoms with E-state index in [9.17, 15) is 4.39 Å². The molecule has 3 nitrogen and oxygen atoms in total. The van der Waals surface area contributed by atoms with Crippen LogP contribution in [0.4, 0.5) is 10.1 Å². The van der Waals surface area contributed by atoms with E-state index in [1.807, 2.05) is 19.1 Å². The van der Waals surface area contributed by atoms with Crippen molar-refractivity contribution in [2.24, 2.45) is 0 Å². The van der Waals surface area contributed by atoms with Crippen LogP contribution in [0.1, 0.15) is 18.7 Å². The second kappa shape index (κ2) is 5.44. The number of methoxy groups -OCH3 is 1. The number of benzene rings is 1. The zero-order valence-corrected chi connectivity index (χ0v) is 11.6. The summed E-state index contributed by atoms with van der Waals surface area (Å²) in [6.07, 6.45) is 0. The minimum atomic E-state index is -0.393. The molecule has 2 aromatic rings. The smallest absolute Gasteiger partial charge is 0.169 e. The molecule has 0 aliphatic carbocycles. The monoisotopic (exact) mass is 313 g/mol. The maximum Gasteiger partial charge on any atom is 0.169 e. The van der Waals surface area contributed by atoms with E-state index in [1.165, 1.54) is 13.2 Å². The van der Waals surface area contributed by atoms with Crippen molar-refractivity contribution in [1.29, 1.82) is 0 Å². The van der Waals surface area contributed by atoms with E-state index in [0.717, 1.165) is 5.76 Å². The summed E-state index contributed by atoms with van der Waals surface area (Å²) in [6, 6.07) is 8.37. The maximum atomic E-state index is 13.5. The number of hydrogen-bond acceptors (Lipinski definition) is 3. The lowest BCUT2D eigenvalue weighted by Gasteiger charge is -2.13. The Bertz CT molecular complexity index is 542. The van der Waals surface area contributed by atoms with Crippen molar-refractivity contribution in [3.05, 3.63) is 46.6 Å². The lowest BCUT2D eigenvalue weighted by molar-refractivity contribution is 0.386. The zero-order valence-electron chi connectivity index (χ0n) is 10.0. The van der Waals surface area contributed by atoms with E-state index in [4.69, 9.17) is 9.15 Å². The second-order valence-corrected chi connectivity index (χ2v) is 4.64. The van der Waals surface area contributed by atoms with E-state index in [1.54, 1.807) is 12.1 Å². The summed E-state index contributed by atoms with van der Waals surface area (Å²) in [5, 5.41) is 3.15. The molecule has 0 saturated heterocycles. The van der Waals surface area contributed by atoms with Gasteiger partial charge in [-0.2, -0.15) is 0 Å². The molecule has 1 heterocycles. The van der Waals surface area contributed by atoms with Gasteiger partial charge in [-0.1, -0.05) is 0 Å².